The van der Waals surface area contributed by atoms with E-state index in [0.717, 1.165) is 28.9 Å². The van der Waals surface area contributed by atoms with Gasteiger partial charge in [-0.15, -0.1) is 0 Å². The summed E-state index contributed by atoms with van der Waals surface area (Å²) in [6.45, 7) is 1.12. The van der Waals surface area contributed by atoms with E-state index < -0.39 is 0 Å². The van der Waals surface area contributed by atoms with Gasteiger partial charge in [-0.1, -0.05) is 54.6 Å². The van der Waals surface area contributed by atoms with Crippen molar-refractivity contribution in [3.8, 4) is 11.5 Å². The topological polar surface area (TPSA) is 58.6 Å². The molecule has 0 bridgehead atoms. The average molecular weight is 375 g/mol. The SMILES string of the molecule is O=C(CCc1cccc(O)c1)NCCc1cccc(OCc2ccccc2)c1. The number of nitrogens with one attached hydrogen (secondary N) is 1. The van der Waals surface area contributed by atoms with Crippen molar-refractivity contribution in [2.75, 3.05) is 6.54 Å². The van der Waals surface area contributed by atoms with Gasteiger partial charge in [0.15, 0.2) is 0 Å². The number of aryl methyl sites for hydroxylation is 1. The Kier molecular flexibility index (Phi) is 7.08. The summed E-state index contributed by atoms with van der Waals surface area (Å²) in [5.74, 6) is 1.07. The van der Waals surface area contributed by atoms with Crippen LogP contribution in [-0.4, -0.2) is 17.6 Å². The molecule has 3 aromatic carbocycles. The van der Waals surface area contributed by atoms with Gasteiger partial charge in [-0.25, -0.2) is 0 Å². The molecule has 4 nitrogen and oxygen atoms in total. The Morgan fingerprint density at radius 2 is 1.54 bits per heavy atom. The molecule has 3 aromatic rings. The summed E-state index contributed by atoms with van der Waals surface area (Å²) in [6, 6.07) is 25.0. The normalized spacial score (nSPS) is 10.4. The Balaban J connectivity index is 1.40. The van der Waals surface area contributed by atoms with Crippen LogP contribution >= 0.6 is 0 Å². The van der Waals surface area contributed by atoms with Crippen molar-refractivity contribution >= 4 is 5.91 Å². The summed E-state index contributed by atoms with van der Waals surface area (Å²) in [7, 11) is 0. The molecule has 0 fully saturated rings. The van der Waals surface area contributed by atoms with Crippen molar-refractivity contribution in [2.24, 2.45) is 0 Å². The molecule has 0 aliphatic rings. The molecular formula is C24H25NO3. The zero-order valence-electron chi connectivity index (χ0n) is 15.8. The lowest BCUT2D eigenvalue weighted by molar-refractivity contribution is -0.121. The first-order chi connectivity index (χ1) is 13.7. The fourth-order valence-electron chi connectivity index (χ4n) is 2.94. The first-order valence-corrected chi connectivity index (χ1v) is 9.49. The van der Waals surface area contributed by atoms with Crippen LogP contribution in [0.4, 0.5) is 0 Å². The van der Waals surface area contributed by atoms with E-state index >= 15 is 0 Å². The smallest absolute Gasteiger partial charge is 0.220 e. The lowest BCUT2D eigenvalue weighted by Gasteiger charge is -2.09. The predicted molar refractivity (Wildman–Crippen MR) is 110 cm³/mol. The van der Waals surface area contributed by atoms with Crippen LogP contribution < -0.4 is 10.1 Å². The molecule has 0 aromatic heterocycles. The van der Waals surface area contributed by atoms with E-state index in [-0.39, 0.29) is 11.7 Å². The molecule has 0 saturated carbocycles. The van der Waals surface area contributed by atoms with E-state index in [9.17, 15) is 9.90 Å². The Hall–Kier alpha value is -3.27. The van der Waals surface area contributed by atoms with Crippen molar-refractivity contribution in [2.45, 2.75) is 25.9 Å². The lowest BCUT2D eigenvalue weighted by Crippen LogP contribution is -2.25. The van der Waals surface area contributed by atoms with Crippen LogP contribution in [0.2, 0.25) is 0 Å². The maximum absolute atomic E-state index is 12.0. The van der Waals surface area contributed by atoms with Gasteiger partial charge in [0.2, 0.25) is 5.91 Å². The maximum atomic E-state index is 12.0. The van der Waals surface area contributed by atoms with E-state index in [1.807, 2.05) is 60.7 Å². The summed E-state index contributed by atoms with van der Waals surface area (Å²) in [4.78, 5) is 12.0. The summed E-state index contributed by atoms with van der Waals surface area (Å²) in [6.07, 6.45) is 1.77. The highest BCUT2D eigenvalue weighted by atomic mass is 16.5. The number of hydrogen-bond donors (Lipinski definition) is 2. The fourth-order valence-corrected chi connectivity index (χ4v) is 2.94. The Morgan fingerprint density at radius 3 is 2.32 bits per heavy atom. The predicted octanol–water partition coefficient (Wildman–Crippen LogP) is 4.26. The molecule has 1 amide bonds. The zero-order chi connectivity index (χ0) is 19.6. The van der Waals surface area contributed by atoms with Crippen molar-refractivity contribution in [1.29, 1.82) is 0 Å². The second-order valence-electron chi connectivity index (χ2n) is 6.69. The average Bonchev–Trinajstić information content (AvgIpc) is 2.72. The standard InChI is InChI=1S/C24H25NO3/c26-22-10-4-8-19(16-22)12-13-24(27)25-15-14-20-9-5-11-23(17-20)28-18-21-6-2-1-3-7-21/h1-11,16-17,26H,12-15,18H2,(H,25,27). The number of carbonyl (C=O) groups is 1. The summed E-state index contributed by atoms with van der Waals surface area (Å²) >= 11 is 0. The molecule has 0 aliphatic heterocycles. The molecule has 4 heteroatoms. The third kappa shape index (κ3) is 6.47. The Labute approximate surface area is 165 Å². The van der Waals surface area contributed by atoms with Gasteiger partial charge >= 0.3 is 0 Å². The highest BCUT2D eigenvalue weighted by Crippen LogP contribution is 2.16. The highest BCUT2D eigenvalue weighted by Gasteiger charge is 2.04. The van der Waals surface area contributed by atoms with E-state index in [1.165, 1.54) is 0 Å². The minimum absolute atomic E-state index is 0.0137. The van der Waals surface area contributed by atoms with E-state index in [0.29, 0.717) is 26.0 Å². The molecular weight excluding hydrogens is 350 g/mol. The van der Waals surface area contributed by atoms with Crippen LogP contribution in [0.3, 0.4) is 0 Å². The number of carbonyl (C=O) groups excluding carboxylic acids is 1. The van der Waals surface area contributed by atoms with Gasteiger partial charge in [0.25, 0.3) is 0 Å². The van der Waals surface area contributed by atoms with Crippen molar-refractivity contribution < 1.29 is 14.6 Å². The molecule has 3 rings (SSSR count). The largest absolute Gasteiger partial charge is 0.508 e. The minimum atomic E-state index is 0.0137. The van der Waals surface area contributed by atoms with Crippen LogP contribution in [-0.2, 0) is 24.2 Å². The van der Waals surface area contributed by atoms with Crippen LogP contribution in [0, 0.1) is 0 Å². The molecule has 0 spiro atoms. The third-order valence-corrected chi connectivity index (χ3v) is 4.43. The number of amides is 1. The van der Waals surface area contributed by atoms with Gasteiger partial charge < -0.3 is 15.2 Å². The van der Waals surface area contributed by atoms with Crippen LogP contribution in [0.1, 0.15) is 23.1 Å². The van der Waals surface area contributed by atoms with Gasteiger partial charge in [-0.3, -0.25) is 4.79 Å². The van der Waals surface area contributed by atoms with Crippen LogP contribution in [0.25, 0.3) is 0 Å². The number of rotatable bonds is 9. The summed E-state index contributed by atoms with van der Waals surface area (Å²) in [5, 5.41) is 12.4. The number of phenols is 1. The molecule has 144 valence electrons. The highest BCUT2D eigenvalue weighted by molar-refractivity contribution is 5.76. The number of hydrogen-bond acceptors (Lipinski definition) is 3. The van der Waals surface area contributed by atoms with Crippen molar-refractivity contribution in [3.63, 3.8) is 0 Å². The van der Waals surface area contributed by atoms with E-state index in [1.54, 1.807) is 18.2 Å². The number of benzene rings is 3. The molecule has 0 radical (unpaired) electrons. The Morgan fingerprint density at radius 1 is 0.821 bits per heavy atom. The molecule has 0 atom stereocenters. The quantitative estimate of drug-likeness (QED) is 0.587. The maximum Gasteiger partial charge on any atom is 0.220 e. The van der Waals surface area contributed by atoms with Crippen LogP contribution in [0.5, 0.6) is 11.5 Å². The summed E-state index contributed by atoms with van der Waals surface area (Å²) < 4.78 is 5.85. The second kappa shape index (κ2) is 10.2. The van der Waals surface area contributed by atoms with E-state index in [4.69, 9.17) is 4.74 Å². The van der Waals surface area contributed by atoms with Gasteiger partial charge in [0, 0.05) is 13.0 Å². The van der Waals surface area contributed by atoms with Crippen molar-refractivity contribution in [3.05, 3.63) is 95.6 Å². The molecule has 0 heterocycles. The van der Waals surface area contributed by atoms with Gasteiger partial charge in [-0.2, -0.15) is 0 Å². The molecule has 0 saturated heterocycles. The van der Waals surface area contributed by atoms with Crippen molar-refractivity contribution in [1.82, 2.24) is 5.32 Å². The Bertz CT molecular complexity index is 893. The van der Waals surface area contributed by atoms with Gasteiger partial charge in [0.1, 0.15) is 18.1 Å². The van der Waals surface area contributed by atoms with Crippen LogP contribution in [0.15, 0.2) is 78.9 Å². The third-order valence-electron chi connectivity index (χ3n) is 4.43. The second-order valence-corrected chi connectivity index (χ2v) is 6.69. The zero-order valence-corrected chi connectivity index (χ0v) is 15.8. The van der Waals surface area contributed by atoms with E-state index in [2.05, 4.69) is 5.32 Å². The monoisotopic (exact) mass is 375 g/mol. The first-order valence-electron chi connectivity index (χ1n) is 9.49. The summed E-state index contributed by atoms with van der Waals surface area (Å²) in [5.41, 5.74) is 3.21. The molecule has 28 heavy (non-hydrogen) atoms. The number of ether oxygens (including phenoxy) is 1. The number of aromatic hydroxyl groups is 1. The minimum Gasteiger partial charge on any atom is -0.508 e. The van der Waals surface area contributed by atoms with Gasteiger partial charge in [0.05, 0.1) is 0 Å². The number of phenolic OH excluding ortho intramolecular Hbond substituents is 1. The first kappa shape index (κ1) is 19.5. The molecule has 0 unspecified atom stereocenters. The van der Waals surface area contributed by atoms with Gasteiger partial charge in [-0.05, 0) is 53.8 Å². The fraction of sp³-hybridized carbons (Fsp3) is 0.208. The molecule has 2 N–H and O–H groups in total. The lowest BCUT2D eigenvalue weighted by atomic mass is 10.1. The molecule has 0 aliphatic carbocycles.